The van der Waals surface area contributed by atoms with Crippen LogP contribution in [0.15, 0.2) is 16.7 Å². The van der Waals surface area contributed by atoms with Gasteiger partial charge in [0.2, 0.25) is 0 Å². The van der Waals surface area contributed by atoms with E-state index in [1.54, 1.807) is 0 Å². The van der Waals surface area contributed by atoms with Gasteiger partial charge >= 0.3 is 0 Å². The highest BCUT2D eigenvalue weighted by Crippen LogP contribution is 2.37. The molecule has 1 aromatic rings. The van der Waals surface area contributed by atoms with Crippen molar-refractivity contribution in [2.75, 3.05) is 6.54 Å². The first-order valence-corrected chi connectivity index (χ1v) is 9.08. The molecule has 0 aliphatic heterocycles. The van der Waals surface area contributed by atoms with Crippen molar-refractivity contribution in [3.63, 3.8) is 0 Å². The molecule has 0 bridgehead atoms. The molecule has 1 aromatic heterocycles. The molecule has 116 valence electrons. The number of carbonyl (C=O) groups excluding carboxylic acids is 1. The third kappa shape index (κ3) is 3.91. The highest BCUT2D eigenvalue weighted by Gasteiger charge is 2.27. The molecular formula is C17H25BrN2O. The van der Waals surface area contributed by atoms with Gasteiger partial charge in [0.25, 0.3) is 5.91 Å². The second-order valence-corrected chi connectivity index (χ2v) is 7.78. The minimum Gasteiger partial charge on any atom is -0.351 e. The molecule has 1 amide bonds. The van der Waals surface area contributed by atoms with E-state index in [-0.39, 0.29) is 5.91 Å². The number of nitrogens with zero attached hydrogens (tertiary/aromatic N) is 1. The number of carbonyl (C=O) groups is 1. The van der Waals surface area contributed by atoms with Gasteiger partial charge in [0.1, 0.15) is 5.69 Å². The van der Waals surface area contributed by atoms with Gasteiger partial charge < -0.3 is 9.88 Å². The molecule has 2 fully saturated rings. The molecule has 2 unspecified atom stereocenters. The lowest BCUT2D eigenvalue weighted by atomic mass is 9.81. The fourth-order valence-electron chi connectivity index (χ4n) is 3.58. The van der Waals surface area contributed by atoms with Crippen molar-refractivity contribution in [3.05, 3.63) is 22.4 Å². The van der Waals surface area contributed by atoms with E-state index in [4.69, 9.17) is 0 Å². The number of nitrogens with one attached hydrogen (secondary N) is 1. The molecular weight excluding hydrogens is 328 g/mol. The lowest BCUT2D eigenvalue weighted by Gasteiger charge is -2.26. The van der Waals surface area contributed by atoms with Crippen molar-refractivity contribution < 1.29 is 4.79 Å². The Kier molecular flexibility index (Phi) is 4.72. The number of hydrogen-bond acceptors (Lipinski definition) is 1. The van der Waals surface area contributed by atoms with E-state index in [0.717, 1.165) is 35.0 Å². The summed E-state index contributed by atoms with van der Waals surface area (Å²) >= 11 is 3.48. The highest BCUT2D eigenvalue weighted by atomic mass is 79.9. The third-order valence-electron chi connectivity index (χ3n) is 4.87. The van der Waals surface area contributed by atoms with Crippen LogP contribution in [0.2, 0.25) is 0 Å². The van der Waals surface area contributed by atoms with Crippen molar-refractivity contribution in [1.29, 1.82) is 0 Å². The predicted molar refractivity (Wildman–Crippen MR) is 88.5 cm³/mol. The molecule has 0 aromatic carbocycles. The van der Waals surface area contributed by atoms with Crippen LogP contribution in [0.3, 0.4) is 0 Å². The zero-order valence-electron chi connectivity index (χ0n) is 12.8. The van der Waals surface area contributed by atoms with Gasteiger partial charge in [0, 0.05) is 23.3 Å². The Balaban J connectivity index is 1.50. The van der Waals surface area contributed by atoms with Crippen LogP contribution in [0.1, 0.15) is 68.4 Å². The van der Waals surface area contributed by atoms with E-state index in [1.165, 1.54) is 38.5 Å². The van der Waals surface area contributed by atoms with E-state index in [2.05, 4.69) is 32.7 Å². The summed E-state index contributed by atoms with van der Waals surface area (Å²) in [7, 11) is 0. The first kappa shape index (κ1) is 15.1. The molecule has 1 N–H and O–H groups in total. The zero-order valence-corrected chi connectivity index (χ0v) is 14.4. The number of halogens is 1. The molecule has 21 heavy (non-hydrogen) atoms. The van der Waals surface area contributed by atoms with Crippen molar-refractivity contribution in [3.8, 4) is 0 Å². The molecule has 0 radical (unpaired) electrons. The quantitative estimate of drug-likeness (QED) is 0.829. The van der Waals surface area contributed by atoms with E-state index in [0.29, 0.717) is 6.04 Å². The van der Waals surface area contributed by atoms with Crippen molar-refractivity contribution in [2.24, 2.45) is 11.8 Å². The molecule has 0 spiro atoms. The normalized spacial score (nSPS) is 25.8. The Morgan fingerprint density at radius 1 is 1.38 bits per heavy atom. The summed E-state index contributed by atoms with van der Waals surface area (Å²) in [6, 6.07) is 2.48. The summed E-state index contributed by atoms with van der Waals surface area (Å²) in [5, 5.41) is 3.12. The largest absolute Gasteiger partial charge is 0.351 e. The smallest absolute Gasteiger partial charge is 0.267 e. The van der Waals surface area contributed by atoms with Gasteiger partial charge in [-0.2, -0.15) is 0 Å². The average molecular weight is 353 g/mol. The molecule has 2 aliphatic carbocycles. The molecule has 2 aliphatic rings. The van der Waals surface area contributed by atoms with Crippen LogP contribution < -0.4 is 5.32 Å². The van der Waals surface area contributed by atoms with Gasteiger partial charge in [-0.15, -0.1) is 0 Å². The van der Waals surface area contributed by atoms with Gasteiger partial charge in [0.15, 0.2) is 0 Å². The van der Waals surface area contributed by atoms with Gasteiger partial charge in [-0.05, 0) is 59.5 Å². The monoisotopic (exact) mass is 352 g/mol. The van der Waals surface area contributed by atoms with Crippen LogP contribution in [0.5, 0.6) is 0 Å². The first-order chi connectivity index (χ1) is 10.1. The van der Waals surface area contributed by atoms with Crippen LogP contribution in [-0.4, -0.2) is 17.0 Å². The van der Waals surface area contributed by atoms with Crippen molar-refractivity contribution in [1.82, 2.24) is 9.88 Å². The summed E-state index contributed by atoms with van der Waals surface area (Å²) in [5.41, 5.74) is 0.807. The van der Waals surface area contributed by atoms with Gasteiger partial charge in [-0.3, -0.25) is 4.79 Å². The summed E-state index contributed by atoms with van der Waals surface area (Å²) in [6.45, 7) is 3.16. The van der Waals surface area contributed by atoms with Gasteiger partial charge in [-0.25, -0.2) is 0 Å². The van der Waals surface area contributed by atoms with Crippen LogP contribution in [-0.2, 0) is 0 Å². The average Bonchev–Trinajstić information content (AvgIpc) is 3.21. The predicted octanol–water partition coefficient (Wildman–Crippen LogP) is 4.53. The maximum absolute atomic E-state index is 12.4. The molecule has 3 rings (SSSR count). The first-order valence-electron chi connectivity index (χ1n) is 8.29. The van der Waals surface area contributed by atoms with Crippen LogP contribution >= 0.6 is 15.9 Å². The Morgan fingerprint density at radius 2 is 2.19 bits per heavy atom. The maximum Gasteiger partial charge on any atom is 0.267 e. The summed E-state index contributed by atoms with van der Waals surface area (Å²) in [6.07, 6.45) is 11.0. The van der Waals surface area contributed by atoms with E-state index < -0.39 is 0 Å². The number of aromatic nitrogens is 1. The standard InChI is InChI=1S/C17H25BrN2O/c1-12-3-2-4-13(9-12)7-8-19-17(21)16-10-14(18)11-20(16)15-5-6-15/h10-13,15H,2-9H2,1H3,(H,19,21). The molecule has 2 atom stereocenters. The maximum atomic E-state index is 12.4. The van der Waals surface area contributed by atoms with Crippen LogP contribution in [0.4, 0.5) is 0 Å². The minimum atomic E-state index is 0.0801. The van der Waals surface area contributed by atoms with Gasteiger partial charge in [-0.1, -0.05) is 26.2 Å². The lowest BCUT2D eigenvalue weighted by molar-refractivity contribution is 0.0940. The lowest BCUT2D eigenvalue weighted by Crippen LogP contribution is -2.28. The molecule has 3 nitrogen and oxygen atoms in total. The molecule has 1 heterocycles. The second kappa shape index (κ2) is 6.55. The molecule has 0 saturated heterocycles. The van der Waals surface area contributed by atoms with Crippen LogP contribution in [0, 0.1) is 11.8 Å². The molecule has 4 heteroatoms. The SMILES string of the molecule is CC1CCCC(CCNC(=O)c2cc(Br)cn2C2CC2)C1. The fraction of sp³-hybridized carbons (Fsp3) is 0.706. The summed E-state index contributed by atoms with van der Waals surface area (Å²) < 4.78 is 3.13. The van der Waals surface area contributed by atoms with Crippen molar-refractivity contribution in [2.45, 2.75) is 57.9 Å². The summed E-state index contributed by atoms with van der Waals surface area (Å²) in [4.78, 5) is 12.4. The Labute approximate surface area is 135 Å². The third-order valence-corrected chi connectivity index (χ3v) is 5.30. The summed E-state index contributed by atoms with van der Waals surface area (Å²) in [5.74, 6) is 1.75. The van der Waals surface area contributed by atoms with E-state index in [9.17, 15) is 4.79 Å². The Morgan fingerprint density at radius 3 is 2.90 bits per heavy atom. The van der Waals surface area contributed by atoms with Gasteiger partial charge in [0.05, 0.1) is 0 Å². The zero-order chi connectivity index (χ0) is 14.8. The van der Waals surface area contributed by atoms with Crippen LogP contribution in [0.25, 0.3) is 0 Å². The number of hydrogen-bond donors (Lipinski definition) is 1. The minimum absolute atomic E-state index is 0.0801. The number of amides is 1. The second-order valence-electron chi connectivity index (χ2n) is 6.86. The number of rotatable bonds is 5. The van der Waals surface area contributed by atoms with Crippen molar-refractivity contribution >= 4 is 21.8 Å². The topological polar surface area (TPSA) is 34.0 Å². The Bertz CT molecular complexity index is 507. The highest BCUT2D eigenvalue weighted by molar-refractivity contribution is 9.10. The van der Waals surface area contributed by atoms with E-state index in [1.807, 2.05) is 12.3 Å². The fourth-order valence-corrected chi connectivity index (χ4v) is 4.02. The van der Waals surface area contributed by atoms with E-state index >= 15 is 0 Å². The molecule has 2 saturated carbocycles. The Hall–Kier alpha value is -0.770.